The van der Waals surface area contributed by atoms with E-state index in [1.165, 1.54) is 0 Å². The van der Waals surface area contributed by atoms with Crippen molar-refractivity contribution in [2.45, 2.75) is 40.7 Å². The van der Waals surface area contributed by atoms with Gasteiger partial charge < -0.3 is 0 Å². The number of aryl methyl sites for hydroxylation is 3. The number of Topliss-reactive ketones (excluding diaryl/α,β-unsaturated/α-hetero) is 1. The van der Waals surface area contributed by atoms with Crippen LogP contribution in [0.3, 0.4) is 0 Å². The number of pyridine rings is 1. The molecule has 4 aromatic rings. The summed E-state index contributed by atoms with van der Waals surface area (Å²) in [6, 6.07) is 5.69. The van der Waals surface area contributed by atoms with E-state index in [9.17, 15) is 4.79 Å². The van der Waals surface area contributed by atoms with Crippen molar-refractivity contribution in [3.05, 3.63) is 71.6 Å². The lowest BCUT2D eigenvalue weighted by Crippen LogP contribution is -2.15. The summed E-state index contributed by atoms with van der Waals surface area (Å²) in [5.41, 5.74) is 6.76. The molecule has 0 saturated carbocycles. The van der Waals surface area contributed by atoms with Gasteiger partial charge in [0.2, 0.25) is 0 Å². The van der Waals surface area contributed by atoms with Gasteiger partial charge in [0.25, 0.3) is 0 Å². The molecule has 0 aliphatic rings. The van der Waals surface area contributed by atoms with Crippen LogP contribution in [0.15, 0.2) is 43.0 Å². The van der Waals surface area contributed by atoms with Crippen LogP contribution in [0, 0.1) is 27.7 Å². The summed E-state index contributed by atoms with van der Waals surface area (Å²) in [6.45, 7) is 7.90. The predicted molar refractivity (Wildman–Crippen MR) is 116 cm³/mol. The topological polar surface area (TPSA) is 99.3 Å². The van der Waals surface area contributed by atoms with Crippen molar-refractivity contribution in [2.75, 3.05) is 0 Å². The van der Waals surface area contributed by atoms with Gasteiger partial charge >= 0.3 is 0 Å². The molecule has 31 heavy (non-hydrogen) atoms. The van der Waals surface area contributed by atoms with Gasteiger partial charge in [-0.15, -0.1) is 0 Å². The van der Waals surface area contributed by atoms with Crippen molar-refractivity contribution >= 4 is 5.78 Å². The molecule has 0 N–H and O–H groups in total. The van der Waals surface area contributed by atoms with E-state index in [0.717, 1.165) is 39.6 Å². The summed E-state index contributed by atoms with van der Waals surface area (Å²) in [5, 5.41) is 4.58. The largest absolute Gasteiger partial charge is 0.297 e. The molecule has 0 bridgehead atoms. The summed E-state index contributed by atoms with van der Waals surface area (Å²) in [7, 11) is 0. The Morgan fingerprint density at radius 3 is 2.48 bits per heavy atom. The van der Waals surface area contributed by atoms with Crippen molar-refractivity contribution in [3.63, 3.8) is 0 Å². The van der Waals surface area contributed by atoms with Crippen molar-refractivity contribution in [2.24, 2.45) is 0 Å². The number of carbonyl (C=O) groups is 1. The van der Waals surface area contributed by atoms with Gasteiger partial charge in [0.1, 0.15) is 12.4 Å². The van der Waals surface area contributed by atoms with Crippen LogP contribution < -0.4 is 0 Å². The fourth-order valence-corrected chi connectivity index (χ4v) is 3.62. The molecule has 0 atom stereocenters. The number of rotatable bonds is 6. The molecule has 0 aliphatic heterocycles. The smallest absolute Gasteiger partial charge is 0.160 e. The van der Waals surface area contributed by atoms with Crippen LogP contribution in [0.2, 0.25) is 0 Å². The van der Waals surface area contributed by atoms with Crippen molar-refractivity contribution in [1.29, 1.82) is 0 Å². The number of carbonyl (C=O) groups excluding carboxylic acids is 1. The minimum Gasteiger partial charge on any atom is -0.297 e. The molecule has 156 valence electrons. The Kier molecular flexibility index (Phi) is 5.62. The first-order valence-corrected chi connectivity index (χ1v) is 10.0. The summed E-state index contributed by atoms with van der Waals surface area (Å²) >= 11 is 0. The van der Waals surface area contributed by atoms with Crippen LogP contribution in [-0.2, 0) is 17.8 Å². The van der Waals surface area contributed by atoms with Crippen LogP contribution in [0.25, 0.3) is 22.5 Å². The van der Waals surface area contributed by atoms with Gasteiger partial charge in [0.15, 0.2) is 5.78 Å². The number of ketones is 1. The third-order valence-corrected chi connectivity index (χ3v) is 4.99. The molecule has 4 aromatic heterocycles. The standard InChI is InChI=1S/C23H23N7O/c1-14-9-21(28-17(4)27-14)23-15(2)29-30(16(23)3)13-20(31)10-19-6-5-18(11-26-19)22-12-24-7-8-25-22/h5-9,11-12H,10,13H2,1-4H3. The van der Waals surface area contributed by atoms with E-state index in [2.05, 4.69) is 30.0 Å². The highest BCUT2D eigenvalue weighted by molar-refractivity contribution is 5.80. The first-order valence-electron chi connectivity index (χ1n) is 10.0. The Morgan fingerprint density at radius 2 is 1.81 bits per heavy atom. The molecule has 0 aliphatic carbocycles. The second kappa shape index (κ2) is 8.51. The average molecular weight is 413 g/mol. The quantitative estimate of drug-likeness (QED) is 0.478. The predicted octanol–water partition coefficient (Wildman–Crippen LogP) is 3.24. The van der Waals surface area contributed by atoms with E-state index in [4.69, 9.17) is 0 Å². The Labute approximate surface area is 180 Å². The summed E-state index contributed by atoms with van der Waals surface area (Å²) in [5.74, 6) is 0.751. The van der Waals surface area contributed by atoms with Gasteiger partial charge in [-0.2, -0.15) is 5.10 Å². The average Bonchev–Trinajstić information content (AvgIpc) is 3.01. The van der Waals surface area contributed by atoms with Crippen molar-refractivity contribution < 1.29 is 4.79 Å². The molecule has 4 rings (SSSR count). The van der Waals surface area contributed by atoms with Gasteiger partial charge in [-0.25, -0.2) is 9.97 Å². The van der Waals surface area contributed by atoms with E-state index in [1.54, 1.807) is 29.5 Å². The first-order chi connectivity index (χ1) is 14.9. The summed E-state index contributed by atoms with van der Waals surface area (Å²) in [4.78, 5) is 34.3. The van der Waals surface area contributed by atoms with Gasteiger partial charge in [0, 0.05) is 46.8 Å². The number of hydrogen-bond donors (Lipinski definition) is 0. The van der Waals surface area contributed by atoms with E-state index in [1.807, 2.05) is 45.9 Å². The van der Waals surface area contributed by atoms with Gasteiger partial charge in [-0.1, -0.05) is 0 Å². The van der Waals surface area contributed by atoms with Crippen LogP contribution in [-0.4, -0.2) is 40.5 Å². The molecular formula is C23H23N7O. The lowest BCUT2D eigenvalue weighted by molar-refractivity contribution is -0.119. The fraction of sp³-hybridized carbons (Fsp3) is 0.261. The van der Waals surface area contributed by atoms with Crippen LogP contribution in [0.4, 0.5) is 0 Å². The maximum absolute atomic E-state index is 12.7. The second-order valence-electron chi connectivity index (χ2n) is 7.49. The zero-order chi connectivity index (χ0) is 22.0. The second-order valence-corrected chi connectivity index (χ2v) is 7.49. The lowest BCUT2D eigenvalue weighted by Gasteiger charge is -2.07. The highest BCUT2D eigenvalue weighted by Crippen LogP contribution is 2.26. The zero-order valence-corrected chi connectivity index (χ0v) is 18.0. The van der Waals surface area contributed by atoms with Gasteiger partial charge in [-0.3, -0.25) is 24.4 Å². The Morgan fingerprint density at radius 1 is 0.968 bits per heavy atom. The molecule has 0 unspecified atom stereocenters. The third kappa shape index (κ3) is 4.53. The summed E-state index contributed by atoms with van der Waals surface area (Å²) < 4.78 is 1.74. The molecule has 4 heterocycles. The maximum Gasteiger partial charge on any atom is 0.160 e. The van der Waals surface area contributed by atoms with E-state index >= 15 is 0 Å². The van der Waals surface area contributed by atoms with Crippen LogP contribution in [0.5, 0.6) is 0 Å². The summed E-state index contributed by atoms with van der Waals surface area (Å²) in [6.07, 6.45) is 6.90. The number of nitrogens with zero attached hydrogens (tertiary/aromatic N) is 7. The Bertz CT molecular complexity index is 1210. The molecule has 0 saturated heterocycles. The SMILES string of the molecule is Cc1cc(-c2c(C)nn(CC(=O)Cc3ccc(-c4cnccn4)cn3)c2C)nc(C)n1. The highest BCUT2D eigenvalue weighted by atomic mass is 16.1. The van der Waals surface area contributed by atoms with Crippen molar-refractivity contribution in [3.8, 4) is 22.5 Å². The third-order valence-electron chi connectivity index (χ3n) is 4.99. The minimum atomic E-state index is 0.0342. The minimum absolute atomic E-state index is 0.0342. The van der Waals surface area contributed by atoms with E-state index < -0.39 is 0 Å². The molecule has 0 aromatic carbocycles. The number of aromatic nitrogens is 7. The first kappa shape index (κ1) is 20.5. The molecule has 8 heteroatoms. The zero-order valence-electron chi connectivity index (χ0n) is 18.0. The molecule has 0 spiro atoms. The molecule has 0 amide bonds. The van der Waals surface area contributed by atoms with Gasteiger partial charge in [0.05, 0.1) is 29.7 Å². The number of hydrogen-bond acceptors (Lipinski definition) is 7. The normalized spacial score (nSPS) is 11.0. The van der Waals surface area contributed by atoms with Crippen molar-refractivity contribution in [1.82, 2.24) is 34.7 Å². The van der Waals surface area contributed by atoms with Gasteiger partial charge in [-0.05, 0) is 45.9 Å². The monoisotopic (exact) mass is 413 g/mol. The van der Waals surface area contributed by atoms with E-state index in [0.29, 0.717) is 11.5 Å². The van der Waals surface area contributed by atoms with Crippen LogP contribution >= 0.6 is 0 Å². The molecule has 8 nitrogen and oxygen atoms in total. The van der Waals surface area contributed by atoms with E-state index in [-0.39, 0.29) is 18.7 Å². The van der Waals surface area contributed by atoms with Crippen LogP contribution in [0.1, 0.15) is 28.6 Å². The Hall–Kier alpha value is -3.81. The molecular weight excluding hydrogens is 390 g/mol. The Balaban J connectivity index is 1.49. The molecule has 0 radical (unpaired) electrons. The fourth-order valence-electron chi connectivity index (χ4n) is 3.62. The highest BCUT2D eigenvalue weighted by Gasteiger charge is 2.17. The lowest BCUT2D eigenvalue weighted by atomic mass is 10.1. The molecule has 0 fully saturated rings. The maximum atomic E-state index is 12.7.